The number of ether oxygens (including phenoxy) is 1. The Labute approximate surface area is 208 Å². The minimum Gasteiger partial charge on any atom is -0.457 e. The molecular weight excluding hydrogens is 458 g/mol. The summed E-state index contributed by atoms with van der Waals surface area (Å²) in [6.45, 7) is 4.37. The summed E-state index contributed by atoms with van der Waals surface area (Å²) in [5.41, 5.74) is 12.9. The van der Waals surface area contributed by atoms with Crippen LogP contribution in [0.25, 0.3) is 11.4 Å². The highest BCUT2D eigenvalue weighted by atomic mass is 16.5. The smallest absolute Gasteiger partial charge is 0.267 e. The van der Waals surface area contributed by atoms with Gasteiger partial charge in [-0.25, -0.2) is 9.97 Å². The number of nitrogens with zero attached hydrogens (tertiary/aromatic N) is 4. The summed E-state index contributed by atoms with van der Waals surface area (Å²) >= 11 is 0. The number of likely N-dealkylation sites (tertiary alicyclic amines) is 1. The molecule has 10 nitrogen and oxygen atoms in total. The van der Waals surface area contributed by atoms with E-state index in [1.165, 1.54) is 18.9 Å². The largest absolute Gasteiger partial charge is 0.457 e. The number of nitriles is 1. The number of carbonyl (C=O) groups is 2. The van der Waals surface area contributed by atoms with Crippen LogP contribution in [-0.4, -0.2) is 45.8 Å². The van der Waals surface area contributed by atoms with E-state index in [0.29, 0.717) is 22.6 Å². The topological polar surface area (TPSA) is 160 Å². The number of anilines is 1. The molecule has 5 N–H and O–H groups in total. The molecular formula is C26H27N7O3. The minimum absolute atomic E-state index is 0.00336. The fourth-order valence-electron chi connectivity index (χ4n) is 3.92. The molecule has 1 aliphatic heterocycles. The Bertz CT molecular complexity index is 1310. The van der Waals surface area contributed by atoms with E-state index in [2.05, 4.69) is 26.3 Å². The molecule has 1 unspecified atom stereocenters. The van der Waals surface area contributed by atoms with Crippen LogP contribution in [0.5, 0.6) is 11.5 Å². The predicted molar refractivity (Wildman–Crippen MR) is 134 cm³/mol. The van der Waals surface area contributed by atoms with Gasteiger partial charge in [0.1, 0.15) is 29.1 Å². The number of nitrogens with two attached hydrogens (primary N) is 2. The fourth-order valence-corrected chi connectivity index (χ4v) is 3.92. The minimum atomic E-state index is -0.722. The van der Waals surface area contributed by atoms with Crippen LogP contribution in [0.3, 0.4) is 0 Å². The first-order valence-electron chi connectivity index (χ1n) is 11.6. The highest BCUT2D eigenvalue weighted by Crippen LogP contribution is 2.30. The van der Waals surface area contributed by atoms with Gasteiger partial charge in [-0.1, -0.05) is 0 Å². The van der Waals surface area contributed by atoms with Gasteiger partial charge < -0.3 is 21.5 Å². The summed E-state index contributed by atoms with van der Waals surface area (Å²) < 4.78 is 6.16. The Morgan fingerprint density at radius 1 is 1.11 bits per heavy atom. The van der Waals surface area contributed by atoms with E-state index in [9.17, 15) is 14.9 Å². The van der Waals surface area contributed by atoms with Crippen molar-refractivity contribution in [3.8, 4) is 29.0 Å². The first-order chi connectivity index (χ1) is 17.3. The molecule has 1 fully saturated rings. The monoisotopic (exact) mass is 485 g/mol. The van der Waals surface area contributed by atoms with E-state index in [1.807, 2.05) is 12.1 Å². The summed E-state index contributed by atoms with van der Waals surface area (Å²) in [6.07, 6.45) is 2.35. The molecule has 184 valence electrons. The van der Waals surface area contributed by atoms with Crippen LogP contribution < -0.4 is 21.5 Å². The van der Waals surface area contributed by atoms with E-state index in [4.69, 9.17) is 16.2 Å². The molecule has 2 heterocycles. The van der Waals surface area contributed by atoms with E-state index >= 15 is 0 Å². The Balaban J connectivity index is 1.57. The van der Waals surface area contributed by atoms with Crippen molar-refractivity contribution in [1.82, 2.24) is 14.9 Å². The summed E-state index contributed by atoms with van der Waals surface area (Å²) in [6, 6.07) is 15.4. The number of benzene rings is 2. The number of aromatic nitrogens is 2. The van der Waals surface area contributed by atoms with Crippen LogP contribution in [0.15, 0.2) is 48.5 Å². The lowest BCUT2D eigenvalue weighted by atomic mass is 10.1. The number of amides is 2. The summed E-state index contributed by atoms with van der Waals surface area (Å²) in [7, 11) is 0. The quantitative estimate of drug-likeness (QED) is 0.417. The summed E-state index contributed by atoms with van der Waals surface area (Å²) in [4.78, 5) is 34.2. The van der Waals surface area contributed by atoms with Crippen molar-refractivity contribution < 1.29 is 14.3 Å². The molecule has 1 atom stereocenters. The summed E-state index contributed by atoms with van der Waals surface area (Å²) in [5.74, 6) is 0.504. The zero-order valence-corrected chi connectivity index (χ0v) is 19.9. The Morgan fingerprint density at radius 2 is 1.83 bits per heavy atom. The first kappa shape index (κ1) is 24.6. The zero-order valence-electron chi connectivity index (χ0n) is 19.9. The van der Waals surface area contributed by atoms with E-state index in [0.717, 1.165) is 25.2 Å². The van der Waals surface area contributed by atoms with Gasteiger partial charge in [0, 0.05) is 23.7 Å². The maximum Gasteiger partial charge on any atom is 0.267 e. The second kappa shape index (κ2) is 10.8. The van der Waals surface area contributed by atoms with Gasteiger partial charge in [0.2, 0.25) is 5.91 Å². The molecule has 1 aliphatic rings. The predicted octanol–water partition coefficient (Wildman–Crippen LogP) is 2.79. The summed E-state index contributed by atoms with van der Waals surface area (Å²) in [5, 5.41) is 12.2. The lowest BCUT2D eigenvalue weighted by Gasteiger charge is -2.18. The van der Waals surface area contributed by atoms with Crippen molar-refractivity contribution in [1.29, 1.82) is 5.26 Å². The lowest BCUT2D eigenvalue weighted by molar-refractivity contribution is -0.118. The Kier molecular flexibility index (Phi) is 7.42. The standard InChI is InChI=1S/C26H27N7O3/c1-16(24(28)34)30-23-13-21(25(29)35)31-26(32-23)18-5-7-20(8-6-18)36-22-9-4-17(14-27)12-19(22)15-33-10-2-3-11-33/h4-9,12-13,16H,2-3,10-11,15H2,1H3,(H2,28,34)(H2,29,35)(H,30,31,32). The van der Waals surface area contributed by atoms with Gasteiger partial charge in [0.15, 0.2) is 5.82 Å². The van der Waals surface area contributed by atoms with E-state index < -0.39 is 17.9 Å². The van der Waals surface area contributed by atoms with Gasteiger partial charge >= 0.3 is 0 Å². The van der Waals surface area contributed by atoms with Crippen molar-refractivity contribution in [3.05, 3.63) is 65.4 Å². The number of primary amides is 2. The van der Waals surface area contributed by atoms with Gasteiger partial charge in [-0.2, -0.15) is 5.26 Å². The van der Waals surface area contributed by atoms with Crippen molar-refractivity contribution >= 4 is 17.6 Å². The van der Waals surface area contributed by atoms with Crippen molar-refractivity contribution in [3.63, 3.8) is 0 Å². The van der Waals surface area contributed by atoms with Crippen LogP contribution in [0.1, 0.15) is 41.4 Å². The molecule has 0 aliphatic carbocycles. The zero-order chi connectivity index (χ0) is 25.7. The SMILES string of the molecule is CC(Nc1cc(C(N)=O)nc(-c2ccc(Oc3ccc(C#N)cc3CN3CCCC3)cc2)n1)C(N)=O. The molecule has 1 aromatic heterocycles. The van der Waals surface area contributed by atoms with Crippen LogP contribution in [0, 0.1) is 11.3 Å². The second-order valence-electron chi connectivity index (χ2n) is 8.64. The number of hydrogen-bond donors (Lipinski definition) is 3. The Hall–Kier alpha value is -4.49. The average Bonchev–Trinajstić information content (AvgIpc) is 3.38. The molecule has 2 amide bonds. The normalized spacial score (nSPS) is 14.1. The van der Waals surface area contributed by atoms with Crippen LogP contribution in [-0.2, 0) is 11.3 Å². The Morgan fingerprint density at radius 3 is 2.47 bits per heavy atom. The molecule has 3 aromatic rings. The fraction of sp³-hybridized carbons (Fsp3) is 0.269. The number of nitrogens with one attached hydrogen (secondary N) is 1. The molecule has 0 saturated carbocycles. The van der Waals surface area contributed by atoms with Gasteiger partial charge in [-0.3, -0.25) is 14.5 Å². The average molecular weight is 486 g/mol. The first-order valence-corrected chi connectivity index (χ1v) is 11.6. The lowest BCUT2D eigenvalue weighted by Crippen LogP contribution is -2.33. The van der Waals surface area contributed by atoms with Crippen LogP contribution in [0.4, 0.5) is 5.82 Å². The number of rotatable bonds is 9. The second-order valence-corrected chi connectivity index (χ2v) is 8.64. The molecule has 2 aromatic carbocycles. The third kappa shape index (κ3) is 5.95. The van der Waals surface area contributed by atoms with E-state index in [1.54, 1.807) is 37.3 Å². The highest BCUT2D eigenvalue weighted by Gasteiger charge is 2.17. The molecule has 1 saturated heterocycles. The molecule has 0 spiro atoms. The molecule has 10 heteroatoms. The highest BCUT2D eigenvalue weighted by molar-refractivity contribution is 5.92. The van der Waals surface area contributed by atoms with E-state index in [-0.39, 0.29) is 17.3 Å². The maximum absolute atomic E-state index is 11.8. The third-order valence-corrected chi connectivity index (χ3v) is 5.89. The van der Waals surface area contributed by atoms with Crippen molar-refractivity contribution in [2.75, 3.05) is 18.4 Å². The van der Waals surface area contributed by atoms with Crippen molar-refractivity contribution in [2.45, 2.75) is 32.4 Å². The molecule has 0 radical (unpaired) electrons. The van der Waals surface area contributed by atoms with Gasteiger partial charge in [-0.15, -0.1) is 0 Å². The number of carbonyl (C=O) groups excluding carboxylic acids is 2. The number of hydrogen-bond acceptors (Lipinski definition) is 8. The molecule has 4 rings (SSSR count). The molecule has 0 bridgehead atoms. The van der Waals surface area contributed by atoms with Crippen LogP contribution >= 0.6 is 0 Å². The molecule has 36 heavy (non-hydrogen) atoms. The van der Waals surface area contributed by atoms with Gasteiger partial charge in [0.05, 0.1) is 11.6 Å². The third-order valence-electron chi connectivity index (χ3n) is 5.89. The maximum atomic E-state index is 11.8. The van der Waals surface area contributed by atoms with Crippen LogP contribution in [0.2, 0.25) is 0 Å². The van der Waals surface area contributed by atoms with Crippen molar-refractivity contribution in [2.24, 2.45) is 11.5 Å². The van der Waals surface area contributed by atoms with Gasteiger partial charge in [0.25, 0.3) is 5.91 Å². The van der Waals surface area contributed by atoms with Gasteiger partial charge in [-0.05, 0) is 75.3 Å².